The molecule has 5 aromatic carbocycles. The number of aromatic nitrogens is 4. The molecule has 0 saturated carbocycles. The van der Waals surface area contributed by atoms with Gasteiger partial charge in [0.15, 0.2) is 0 Å². The Kier molecular flexibility index (Phi) is 15.7. The minimum absolute atomic E-state index is 0.0544. The molecule has 2 aliphatic rings. The summed E-state index contributed by atoms with van der Waals surface area (Å²) >= 11 is 0. The molecule has 3 aromatic heterocycles. The molecule has 5 heterocycles. The molecule has 0 saturated heterocycles. The van der Waals surface area contributed by atoms with Gasteiger partial charge < -0.3 is 9.97 Å². The van der Waals surface area contributed by atoms with Crippen LogP contribution in [-0.2, 0) is 23.7 Å². The van der Waals surface area contributed by atoms with E-state index in [1.807, 2.05) is 72.8 Å². The fourth-order valence-corrected chi connectivity index (χ4v) is 11.6. The maximum Gasteiger partial charge on any atom is 0.0769 e. The molecule has 10 rings (SSSR count). The van der Waals surface area contributed by atoms with Crippen molar-refractivity contribution in [3.63, 3.8) is 0 Å². The highest BCUT2D eigenvalue weighted by molar-refractivity contribution is 6.03. The SMILES string of the molecule is C#Cc1ccc(C#Cc2ccc(C#Cc3ccc(C#Cc4ccc(-c5c6nc(cc7[nH]c(c(C)c7CC)c(-c7cc(C(C)(C)C)cc(C(C)(C)C)c7)c7[nH]c(cc8nc5C(C)=C8CC)c(CC)c7C)C(CC)=C6C)cc4)cc3)cc2)cc1. The number of terminal acetylenes is 1. The number of aromatic amines is 2. The highest BCUT2D eigenvalue weighted by Gasteiger charge is 2.28. The number of allylic oxidation sites excluding steroid dienone is 4. The normalized spacial score (nSPS) is 12.3. The van der Waals surface area contributed by atoms with Crippen molar-refractivity contribution >= 4 is 44.4 Å². The molecule has 0 atom stereocenters. The Morgan fingerprint density at radius 2 is 0.732 bits per heavy atom. The lowest BCUT2D eigenvalue weighted by atomic mass is 9.78. The van der Waals surface area contributed by atoms with Crippen molar-refractivity contribution in [3.05, 3.63) is 222 Å². The first kappa shape index (κ1) is 56.2. The molecule has 4 heteroatoms. The van der Waals surface area contributed by atoms with E-state index < -0.39 is 0 Å². The molecule has 8 bridgehead atoms. The summed E-state index contributed by atoms with van der Waals surface area (Å²) < 4.78 is 0. The van der Waals surface area contributed by atoms with Crippen molar-refractivity contribution in [1.29, 1.82) is 0 Å². The monoisotopic (exact) mass is 1070 g/mol. The number of nitrogens with zero attached hydrogens (tertiary/aromatic N) is 2. The van der Waals surface area contributed by atoms with Crippen LogP contribution in [0.15, 0.2) is 127 Å². The molecule has 0 unspecified atom stereocenters. The van der Waals surface area contributed by atoms with Crippen molar-refractivity contribution < 1.29 is 0 Å². The maximum absolute atomic E-state index is 5.68. The second kappa shape index (κ2) is 22.8. The minimum Gasteiger partial charge on any atom is -0.354 e. The van der Waals surface area contributed by atoms with E-state index in [9.17, 15) is 0 Å². The van der Waals surface area contributed by atoms with Gasteiger partial charge in [0, 0.05) is 61.1 Å². The molecule has 0 fully saturated rings. The number of hydrogen-bond acceptors (Lipinski definition) is 2. The zero-order valence-corrected chi connectivity index (χ0v) is 50.4. The van der Waals surface area contributed by atoms with Crippen LogP contribution in [0.1, 0.15) is 191 Å². The van der Waals surface area contributed by atoms with E-state index in [2.05, 4.69) is 203 Å². The lowest BCUT2D eigenvalue weighted by Gasteiger charge is -2.26. The van der Waals surface area contributed by atoms with Gasteiger partial charge in [0.05, 0.1) is 33.8 Å². The third kappa shape index (κ3) is 11.2. The van der Waals surface area contributed by atoms with Crippen LogP contribution in [0.3, 0.4) is 0 Å². The van der Waals surface area contributed by atoms with Gasteiger partial charge in [0.2, 0.25) is 0 Å². The Balaban J connectivity index is 1.07. The van der Waals surface area contributed by atoms with Crippen molar-refractivity contribution in [2.24, 2.45) is 0 Å². The van der Waals surface area contributed by atoms with E-state index >= 15 is 0 Å². The third-order valence-electron chi connectivity index (χ3n) is 16.5. The van der Waals surface area contributed by atoms with Gasteiger partial charge in [-0.05, 0) is 228 Å². The van der Waals surface area contributed by atoms with Gasteiger partial charge in [-0.25, -0.2) is 9.97 Å². The first-order valence-electron chi connectivity index (χ1n) is 29.1. The number of aryl methyl sites for hydroxylation is 4. The molecule has 2 aliphatic heterocycles. The lowest BCUT2D eigenvalue weighted by Crippen LogP contribution is -2.16. The summed E-state index contributed by atoms with van der Waals surface area (Å²) in [4.78, 5) is 19.6. The zero-order valence-electron chi connectivity index (χ0n) is 50.4. The Bertz CT molecular complexity index is 4180. The highest BCUT2D eigenvalue weighted by atomic mass is 14.8. The molecule has 0 amide bonds. The first-order chi connectivity index (χ1) is 39.3. The Labute approximate surface area is 487 Å². The average molecular weight is 1070 g/mol. The van der Waals surface area contributed by atoms with E-state index in [0.717, 1.165) is 121 Å². The molecule has 406 valence electrons. The van der Waals surface area contributed by atoms with Gasteiger partial charge in [0.1, 0.15) is 0 Å². The van der Waals surface area contributed by atoms with E-state index in [4.69, 9.17) is 16.4 Å². The van der Waals surface area contributed by atoms with Crippen LogP contribution in [0, 0.1) is 61.7 Å². The summed E-state index contributed by atoms with van der Waals surface area (Å²) in [5.41, 5.74) is 31.8. The van der Waals surface area contributed by atoms with Gasteiger partial charge in [0.25, 0.3) is 0 Å². The van der Waals surface area contributed by atoms with Crippen LogP contribution >= 0.6 is 0 Å². The predicted molar refractivity (Wildman–Crippen MR) is 348 cm³/mol. The Hall–Kier alpha value is -9.06. The summed E-state index contributed by atoms with van der Waals surface area (Å²) in [7, 11) is 0. The topological polar surface area (TPSA) is 57.4 Å². The summed E-state index contributed by atoms with van der Waals surface area (Å²) in [5, 5.41) is 0. The van der Waals surface area contributed by atoms with Crippen LogP contribution in [0.4, 0.5) is 0 Å². The van der Waals surface area contributed by atoms with Crippen molar-refractivity contribution in [2.75, 3.05) is 0 Å². The quantitative estimate of drug-likeness (QED) is 0.163. The number of nitrogens with one attached hydrogen (secondary N) is 2. The average Bonchev–Trinajstić information content (AvgIpc) is 3.00. The Morgan fingerprint density at radius 1 is 0.402 bits per heavy atom. The molecular weight excluding hydrogens is 993 g/mol. The smallest absolute Gasteiger partial charge is 0.0769 e. The van der Waals surface area contributed by atoms with Gasteiger partial charge in [-0.2, -0.15) is 0 Å². The minimum atomic E-state index is -0.0544. The molecule has 4 nitrogen and oxygen atoms in total. The standard InChI is InChI=1S/C78H74N4/c1-16-52-21-23-53(24-22-52)25-26-54-27-29-55(30-28-54)31-32-56-33-35-57(36-34-56)37-38-58-39-41-59(42-40-58)71-73-48(6)63(17-2)67(79-73)46-69-65(19-4)50(8)75(81-69)72(60-43-61(77(10,11)12)45-62(44-60)78(13,14)15)76-51(9)66(20-5)70(82-76)47-68-64(18-3)49(7)74(71)80-68/h1,21-24,27-30,33-36,39-47,81-82H,17-20H2,2-15H3. The van der Waals surface area contributed by atoms with Crippen molar-refractivity contribution in [1.82, 2.24) is 19.9 Å². The van der Waals surface area contributed by atoms with Crippen LogP contribution in [-0.4, -0.2) is 19.9 Å². The van der Waals surface area contributed by atoms with Gasteiger partial charge in [-0.1, -0.05) is 141 Å². The van der Waals surface area contributed by atoms with E-state index in [1.165, 1.54) is 66.8 Å². The molecule has 0 spiro atoms. The summed E-state index contributed by atoms with van der Waals surface area (Å²) in [6, 6.07) is 44.4. The summed E-state index contributed by atoms with van der Waals surface area (Å²) in [5.74, 6) is 22.5. The lowest BCUT2D eigenvalue weighted by molar-refractivity contribution is 0.569. The fourth-order valence-electron chi connectivity index (χ4n) is 11.6. The molecule has 0 aliphatic carbocycles. The molecular formula is C78H74N4. The zero-order chi connectivity index (χ0) is 58.2. The number of rotatable bonds is 6. The van der Waals surface area contributed by atoms with E-state index in [1.54, 1.807) is 0 Å². The van der Waals surface area contributed by atoms with Gasteiger partial charge >= 0.3 is 0 Å². The number of benzene rings is 5. The summed E-state index contributed by atoms with van der Waals surface area (Å²) in [6.07, 6.45) is 8.92. The molecule has 82 heavy (non-hydrogen) atoms. The van der Waals surface area contributed by atoms with Gasteiger partial charge in [-0.15, -0.1) is 6.42 Å². The Morgan fingerprint density at radius 3 is 1.04 bits per heavy atom. The maximum atomic E-state index is 5.68. The molecule has 8 aromatic rings. The molecule has 2 N–H and O–H groups in total. The first-order valence-corrected chi connectivity index (χ1v) is 29.1. The molecule has 0 radical (unpaired) electrons. The van der Waals surface area contributed by atoms with Crippen LogP contribution in [0.5, 0.6) is 0 Å². The fraction of sp³-hybridized carbons (Fsp3) is 0.256. The van der Waals surface area contributed by atoms with Gasteiger partial charge in [-0.3, -0.25) is 0 Å². The van der Waals surface area contributed by atoms with Crippen molar-refractivity contribution in [3.8, 4) is 70.1 Å². The number of H-pyrrole nitrogens is 2. The predicted octanol–water partition coefficient (Wildman–Crippen LogP) is 18.8. The van der Waals surface area contributed by atoms with Crippen LogP contribution in [0.25, 0.3) is 66.6 Å². The van der Waals surface area contributed by atoms with Crippen LogP contribution < -0.4 is 0 Å². The third-order valence-corrected chi connectivity index (χ3v) is 16.5. The van der Waals surface area contributed by atoms with E-state index in [0.29, 0.717) is 0 Å². The largest absolute Gasteiger partial charge is 0.354 e. The highest BCUT2D eigenvalue weighted by Crippen LogP contribution is 2.45. The number of hydrogen-bond donors (Lipinski definition) is 2. The second-order valence-corrected chi connectivity index (χ2v) is 23.9. The van der Waals surface area contributed by atoms with Crippen molar-refractivity contribution in [2.45, 2.75) is 133 Å². The summed E-state index contributed by atoms with van der Waals surface area (Å²) in [6.45, 7) is 32.1. The van der Waals surface area contributed by atoms with E-state index in [-0.39, 0.29) is 10.8 Å². The second-order valence-electron chi connectivity index (χ2n) is 23.9. The van der Waals surface area contributed by atoms with Crippen LogP contribution in [0.2, 0.25) is 0 Å². The number of fused-ring (bicyclic) bond motifs is 8.